The van der Waals surface area contributed by atoms with Crippen LogP contribution in [0.5, 0.6) is 0 Å². The normalized spacial score (nSPS) is 31.0. The van der Waals surface area contributed by atoms with E-state index in [1.54, 1.807) is 0 Å². The minimum Gasteiger partial charge on any atom is -0.481 e. The minimum absolute atomic E-state index is 0.0545. The van der Waals surface area contributed by atoms with E-state index in [-0.39, 0.29) is 23.9 Å². The second kappa shape index (κ2) is 6.22. The lowest BCUT2D eigenvalue weighted by atomic mass is 9.89. The molecule has 0 radical (unpaired) electrons. The van der Waals surface area contributed by atoms with Gasteiger partial charge in [0.1, 0.15) is 0 Å². The van der Waals surface area contributed by atoms with Gasteiger partial charge in [0.2, 0.25) is 10.0 Å². The number of methoxy groups -OCH3 is 1. The molecule has 0 saturated carbocycles. The summed E-state index contributed by atoms with van der Waals surface area (Å²) in [5.74, 6) is -1.13. The smallest absolute Gasteiger partial charge is 0.308 e. The van der Waals surface area contributed by atoms with Crippen LogP contribution in [0.25, 0.3) is 0 Å². The number of ether oxygens (including phenoxy) is 1. The molecule has 0 aliphatic carbocycles. The molecule has 0 amide bonds. The van der Waals surface area contributed by atoms with Gasteiger partial charge in [0.05, 0.1) is 17.8 Å². The van der Waals surface area contributed by atoms with Crippen LogP contribution >= 0.6 is 0 Å². The fourth-order valence-corrected chi connectivity index (χ4v) is 5.94. The van der Waals surface area contributed by atoms with Crippen LogP contribution in [0.1, 0.15) is 39.5 Å². The molecule has 122 valence electrons. The number of aliphatic carboxylic acids is 1. The van der Waals surface area contributed by atoms with Crippen molar-refractivity contribution in [3.8, 4) is 0 Å². The van der Waals surface area contributed by atoms with Gasteiger partial charge < -0.3 is 9.84 Å². The van der Waals surface area contributed by atoms with Gasteiger partial charge >= 0.3 is 5.97 Å². The summed E-state index contributed by atoms with van der Waals surface area (Å²) in [5.41, 5.74) is 0. The van der Waals surface area contributed by atoms with Crippen molar-refractivity contribution >= 4 is 16.0 Å². The topological polar surface area (TPSA) is 83.9 Å². The summed E-state index contributed by atoms with van der Waals surface area (Å²) < 4.78 is 32.1. The first-order valence-electron chi connectivity index (χ1n) is 7.53. The molecule has 0 aromatic carbocycles. The zero-order valence-electron chi connectivity index (χ0n) is 12.9. The van der Waals surface area contributed by atoms with E-state index in [1.807, 2.05) is 13.8 Å². The molecule has 2 aliphatic rings. The summed E-state index contributed by atoms with van der Waals surface area (Å²) in [6, 6.07) is -0.508. The summed E-state index contributed by atoms with van der Waals surface area (Å²) in [5, 5.41) is 9.22. The van der Waals surface area contributed by atoms with E-state index in [9.17, 15) is 18.3 Å². The van der Waals surface area contributed by atoms with Crippen molar-refractivity contribution in [3.05, 3.63) is 0 Å². The van der Waals surface area contributed by atoms with Gasteiger partial charge in [-0.05, 0) is 31.6 Å². The lowest BCUT2D eigenvalue weighted by molar-refractivity contribution is -0.142. The molecule has 2 fully saturated rings. The molecule has 2 saturated heterocycles. The summed E-state index contributed by atoms with van der Waals surface area (Å²) in [4.78, 5) is 11.2. The highest BCUT2D eigenvalue weighted by molar-refractivity contribution is 7.89. The quantitative estimate of drug-likeness (QED) is 0.765. The maximum Gasteiger partial charge on any atom is 0.308 e. The molecule has 2 heterocycles. The maximum atomic E-state index is 12.7. The van der Waals surface area contributed by atoms with Gasteiger partial charge in [0.25, 0.3) is 0 Å². The van der Waals surface area contributed by atoms with Crippen LogP contribution in [0.4, 0.5) is 0 Å². The third kappa shape index (κ3) is 3.40. The predicted octanol–water partition coefficient (Wildman–Crippen LogP) is 1.31. The number of carbonyl (C=O) groups is 1. The first-order chi connectivity index (χ1) is 9.76. The zero-order chi connectivity index (χ0) is 15.8. The van der Waals surface area contributed by atoms with Crippen molar-refractivity contribution in [2.24, 2.45) is 11.8 Å². The Morgan fingerprint density at radius 2 is 2.05 bits per heavy atom. The van der Waals surface area contributed by atoms with Crippen LogP contribution < -0.4 is 0 Å². The molecule has 0 aromatic rings. The van der Waals surface area contributed by atoms with Crippen molar-refractivity contribution in [3.63, 3.8) is 0 Å². The number of rotatable bonds is 7. The van der Waals surface area contributed by atoms with E-state index >= 15 is 0 Å². The standard InChI is InChI=1S/C14H25NO5S/c1-9(2)6-11(20-3)8-21(18,19)15-10-4-5-13(15)12(7-10)14(16)17/h9-13H,4-8H2,1-3H3,(H,16,17). The molecule has 2 aliphatic heterocycles. The molecule has 0 aromatic heterocycles. The first-order valence-corrected chi connectivity index (χ1v) is 9.14. The fraction of sp³-hybridized carbons (Fsp3) is 0.929. The summed E-state index contributed by atoms with van der Waals surface area (Å²) in [7, 11) is -1.95. The Morgan fingerprint density at radius 3 is 2.52 bits per heavy atom. The first kappa shape index (κ1) is 16.7. The van der Waals surface area contributed by atoms with E-state index in [2.05, 4.69) is 0 Å². The molecule has 21 heavy (non-hydrogen) atoms. The number of carboxylic acids is 1. The monoisotopic (exact) mass is 319 g/mol. The van der Waals surface area contributed by atoms with Gasteiger partial charge in [-0.2, -0.15) is 4.31 Å². The number of fused-ring (bicyclic) bond motifs is 2. The van der Waals surface area contributed by atoms with Crippen molar-refractivity contribution in [2.75, 3.05) is 12.9 Å². The van der Waals surface area contributed by atoms with Crippen molar-refractivity contribution in [1.82, 2.24) is 4.31 Å². The van der Waals surface area contributed by atoms with E-state index < -0.39 is 21.9 Å². The summed E-state index contributed by atoms with van der Waals surface area (Å²) >= 11 is 0. The van der Waals surface area contributed by atoms with Crippen LogP contribution in [-0.4, -0.2) is 54.8 Å². The molecule has 1 N–H and O–H groups in total. The highest BCUT2D eigenvalue weighted by Crippen LogP contribution is 2.43. The van der Waals surface area contributed by atoms with Crippen molar-refractivity contribution < 1.29 is 23.1 Å². The van der Waals surface area contributed by atoms with Crippen LogP contribution in [-0.2, 0) is 19.6 Å². The van der Waals surface area contributed by atoms with Gasteiger partial charge in [-0.3, -0.25) is 4.79 Å². The fourth-order valence-electron chi connectivity index (χ4n) is 3.72. The molecule has 0 spiro atoms. The number of hydrogen-bond acceptors (Lipinski definition) is 4. The van der Waals surface area contributed by atoms with E-state index in [0.717, 1.165) is 6.42 Å². The van der Waals surface area contributed by atoms with Crippen LogP contribution in [0, 0.1) is 11.8 Å². The molecule has 6 nitrogen and oxygen atoms in total. The Balaban J connectivity index is 2.11. The lowest BCUT2D eigenvalue weighted by Gasteiger charge is -2.25. The van der Waals surface area contributed by atoms with Crippen molar-refractivity contribution in [2.45, 2.75) is 57.7 Å². The largest absolute Gasteiger partial charge is 0.481 e. The zero-order valence-corrected chi connectivity index (χ0v) is 13.7. The maximum absolute atomic E-state index is 12.7. The second-order valence-electron chi connectivity index (χ2n) is 6.57. The third-order valence-electron chi connectivity index (χ3n) is 4.58. The van der Waals surface area contributed by atoms with Gasteiger partial charge in [-0.15, -0.1) is 0 Å². The van der Waals surface area contributed by atoms with Crippen molar-refractivity contribution in [1.29, 1.82) is 0 Å². The van der Waals surface area contributed by atoms with Gasteiger partial charge in [0, 0.05) is 19.2 Å². The Morgan fingerprint density at radius 1 is 1.38 bits per heavy atom. The third-order valence-corrected chi connectivity index (χ3v) is 6.58. The van der Waals surface area contributed by atoms with E-state index in [1.165, 1.54) is 11.4 Å². The summed E-state index contributed by atoms with van der Waals surface area (Å²) in [6.45, 7) is 4.05. The average molecular weight is 319 g/mol. The Bertz CT molecular complexity index is 490. The van der Waals surface area contributed by atoms with Gasteiger partial charge in [0.15, 0.2) is 0 Å². The van der Waals surface area contributed by atoms with E-state index in [4.69, 9.17) is 4.74 Å². The Kier molecular flexibility index (Phi) is 4.95. The number of hydrogen-bond donors (Lipinski definition) is 1. The predicted molar refractivity (Wildman–Crippen MR) is 78.4 cm³/mol. The number of carboxylic acid groups (broad SMARTS) is 1. The van der Waals surface area contributed by atoms with E-state index in [0.29, 0.717) is 25.2 Å². The average Bonchev–Trinajstić information content (AvgIpc) is 2.95. The molecule has 2 rings (SSSR count). The van der Waals surface area contributed by atoms with Crippen LogP contribution in [0.3, 0.4) is 0 Å². The lowest BCUT2D eigenvalue weighted by Crippen LogP contribution is -2.42. The second-order valence-corrected chi connectivity index (χ2v) is 8.49. The molecular formula is C14H25NO5S. The Labute approximate surface area is 126 Å². The van der Waals surface area contributed by atoms with Gasteiger partial charge in [-0.1, -0.05) is 13.8 Å². The highest BCUT2D eigenvalue weighted by atomic mass is 32.2. The SMILES string of the molecule is COC(CC(C)C)CS(=O)(=O)N1C2CCC1C(C(=O)O)C2. The van der Waals surface area contributed by atoms with Crippen LogP contribution in [0.15, 0.2) is 0 Å². The molecule has 2 bridgehead atoms. The molecule has 4 unspecified atom stereocenters. The minimum atomic E-state index is -3.47. The molecular weight excluding hydrogens is 294 g/mol. The number of nitrogens with zero attached hydrogens (tertiary/aromatic N) is 1. The molecule has 4 atom stereocenters. The Hall–Kier alpha value is -0.660. The van der Waals surface area contributed by atoms with Crippen LogP contribution in [0.2, 0.25) is 0 Å². The highest BCUT2D eigenvalue weighted by Gasteiger charge is 2.54. The summed E-state index contributed by atoms with van der Waals surface area (Å²) in [6.07, 6.45) is 2.22. The van der Waals surface area contributed by atoms with Gasteiger partial charge in [-0.25, -0.2) is 8.42 Å². The number of sulfonamides is 1. The molecule has 7 heteroatoms.